The smallest absolute Gasteiger partial charge is 0.223 e. The minimum Gasteiger partial charge on any atom is -0.496 e. The molecule has 30 heavy (non-hydrogen) atoms. The second-order valence-electron chi connectivity index (χ2n) is 8.07. The maximum atomic E-state index is 12.7. The standard InChI is InChI=1S/C23H31N5O2/c1-30-21-8-4-3-7-19(21)15-25-23(29)18-9-13-27(14-10-18)20-16-24-17-26-22(20)28-11-5-2-6-12-28/h3-4,7-8,16-18H,2,5-6,9-15H2,1H3,(H,25,29). The fourth-order valence-electron chi connectivity index (χ4n) is 4.45. The van der Waals surface area contributed by atoms with E-state index in [0.29, 0.717) is 6.54 Å². The summed E-state index contributed by atoms with van der Waals surface area (Å²) in [6, 6.07) is 7.80. The SMILES string of the molecule is COc1ccccc1CNC(=O)C1CCN(c2cncnc2N2CCCCC2)CC1. The largest absolute Gasteiger partial charge is 0.496 e. The number of piperidine rings is 2. The number of benzene rings is 1. The van der Waals surface area contributed by atoms with Gasteiger partial charge in [-0.15, -0.1) is 0 Å². The maximum absolute atomic E-state index is 12.7. The molecule has 2 saturated heterocycles. The van der Waals surface area contributed by atoms with Crippen LogP contribution in [0, 0.1) is 5.92 Å². The molecule has 0 radical (unpaired) electrons. The zero-order valence-electron chi connectivity index (χ0n) is 17.7. The highest BCUT2D eigenvalue weighted by Gasteiger charge is 2.27. The van der Waals surface area contributed by atoms with E-state index in [0.717, 1.165) is 61.8 Å². The number of amides is 1. The van der Waals surface area contributed by atoms with Crippen molar-refractivity contribution in [1.82, 2.24) is 15.3 Å². The molecule has 0 unspecified atom stereocenters. The minimum atomic E-state index is 0.0408. The van der Waals surface area contributed by atoms with Gasteiger partial charge in [0.1, 0.15) is 12.1 Å². The van der Waals surface area contributed by atoms with Crippen LogP contribution in [-0.4, -0.2) is 49.2 Å². The average molecular weight is 410 g/mol. The molecule has 2 aromatic rings. The quantitative estimate of drug-likeness (QED) is 0.791. The van der Waals surface area contributed by atoms with Crippen LogP contribution in [0.1, 0.15) is 37.7 Å². The van der Waals surface area contributed by atoms with Gasteiger partial charge in [-0.05, 0) is 38.2 Å². The second-order valence-corrected chi connectivity index (χ2v) is 8.07. The number of carbonyl (C=O) groups excluding carboxylic acids is 1. The number of hydrogen-bond donors (Lipinski definition) is 1. The highest BCUT2D eigenvalue weighted by atomic mass is 16.5. The van der Waals surface area contributed by atoms with Gasteiger partial charge in [0.2, 0.25) is 5.91 Å². The number of anilines is 2. The summed E-state index contributed by atoms with van der Waals surface area (Å²) in [5, 5.41) is 3.09. The number of nitrogens with zero attached hydrogens (tertiary/aromatic N) is 4. The normalized spacial score (nSPS) is 17.6. The molecular weight excluding hydrogens is 378 g/mol. The predicted molar refractivity (Wildman–Crippen MR) is 118 cm³/mol. The molecule has 1 amide bonds. The number of hydrogen-bond acceptors (Lipinski definition) is 6. The highest BCUT2D eigenvalue weighted by molar-refractivity contribution is 5.79. The third kappa shape index (κ3) is 4.66. The Bertz CT molecular complexity index is 845. The number of para-hydroxylation sites is 1. The molecule has 4 rings (SSSR count). The number of rotatable bonds is 6. The summed E-state index contributed by atoms with van der Waals surface area (Å²) in [6.07, 6.45) is 8.99. The molecule has 160 valence electrons. The Labute approximate surface area is 178 Å². The molecule has 1 N–H and O–H groups in total. The van der Waals surface area contributed by atoms with E-state index in [2.05, 4.69) is 25.1 Å². The molecule has 3 heterocycles. The Morgan fingerprint density at radius 2 is 1.87 bits per heavy atom. The minimum absolute atomic E-state index is 0.0408. The van der Waals surface area contributed by atoms with E-state index in [4.69, 9.17) is 4.74 Å². The fourth-order valence-corrected chi connectivity index (χ4v) is 4.45. The van der Waals surface area contributed by atoms with Crippen LogP contribution < -0.4 is 19.9 Å². The van der Waals surface area contributed by atoms with Crippen LogP contribution in [0.2, 0.25) is 0 Å². The molecule has 1 aromatic carbocycles. The van der Waals surface area contributed by atoms with Crippen molar-refractivity contribution in [3.05, 3.63) is 42.4 Å². The zero-order chi connectivity index (χ0) is 20.8. The molecule has 0 aliphatic carbocycles. The molecule has 0 atom stereocenters. The molecule has 0 spiro atoms. The van der Waals surface area contributed by atoms with E-state index in [-0.39, 0.29) is 11.8 Å². The summed E-state index contributed by atoms with van der Waals surface area (Å²) in [7, 11) is 1.65. The number of aromatic nitrogens is 2. The molecule has 1 aromatic heterocycles. The van der Waals surface area contributed by atoms with Crippen molar-refractivity contribution in [2.75, 3.05) is 43.1 Å². The summed E-state index contributed by atoms with van der Waals surface area (Å²) in [5.74, 6) is 2.02. The van der Waals surface area contributed by atoms with E-state index in [1.165, 1.54) is 19.3 Å². The lowest BCUT2D eigenvalue weighted by Gasteiger charge is -2.36. The van der Waals surface area contributed by atoms with Crippen LogP contribution in [0.3, 0.4) is 0 Å². The van der Waals surface area contributed by atoms with Gasteiger partial charge in [-0.25, -0.2) is 9.97 Å². The van der Waals surface area contributed by atoms with E-state index >= 15 is 0 Å². The first-order chi connectivity index (χ1) is 14.8. The van der Waals surface area contributed by atoms with Crippen molar-refractivity contribution in [3.8, 4) is 5.75 Å². The van der Waals surface area contributed by atoms with Crippen LogP contribution in [0.25, 0.3) is 0 Å². The first kappa shape index (κ1) is 20.4. The van der Waals surface area contributed by atoms with Crippen molar-refractivity contribution in [2.24, 2.45) is 5.92 Å². The van der Waals surface area contributed by atoms with E-state index in [9.17, 15) is 4.79 Å². The van der Waals surface area contributed by atoms with Crippen molar-refractivity contribution in [1.29, 1.82) is 0 Å². The Kier molecular flexibility index (Phi) is 6.67. The van der Waals surface area contributed by atoms with E-state index in [1.54, 1.807) is 13.4 Å². The summed E-state index contributed by atoms with van der Waals surface area (Å²) >= 11 is 0. The van der Waals surface area contributed by atoms with Crippen LogP contribution in [0.15, 0.2) is 36.8 Å². The number of methoxy groups -OCH3 is 1. The van der Waals surface area contributed by atoms with Gasteiger partial charge in [0.15, 0.2) is 5.82 Å². The predicted octanol–water partition coefficient (Wildman–Crippen LogP) is 3.01. The zero-order valence-corrected chi connectivity index (χ0v) is 17.7. The van der Waals surface area contributed by atoms with Gasteiger partial charge in [0, 0.05) is 44.2 Å². The lowest BCUT2D eigenvalue weighted by Crippen LogP contribution is -2.41. The molecule has 2 aliphatic heterocycles. The van der Waals surface area contributed by atoms with Gasteiger partial charge in [-0.3, -0.25) is 4.79 Å². The molecule has 2 fully saturated rings. The van der Waals surface area contributed by atoms with Crippen molar-refractivity contribution < 1.29 is 9.53 Å². The Balaban J connectivity index is 1.33. The second kappa shape index (κ2) is 9.78. The van der Waals surface area contributed by atoms with E-state index in [1.807, 2.05) is 30.5 Å². The number of nitrogens with one attached hydrogen (secondary N) is 1. The van der Waals surface area contributed by atoms with Crippen molar-refractivity contribution in [3.63, 3.8) is 0 Å². The average Bonchev–Trinajstić information content (AvgIpc) is 2.83. The molecule has 7 nitrogen and oxygen atoms in total. The fraction of sp³-hybridized carbons (Fsp3) is 0.522. The Morgan fingerprint density at radius 3 is 2.63 bits per heavy atom. The third-order valence-corrected chi connectivity index (χ3v) is 6.18. The van der Waals surface area contributed by atoms with Gasteiger partial charge in [-0.2, -0.15) is 0 Å². The van der Waals surface area contributed by atoms with E-state index < -0.39 is 0 Å². The van der Waals surface area contributed by atoms with Gasteiger partial charge >= 0.3 is 0 Å². The monoisotopic (exact) mass is 409 g/mol. The van der Waals surface area contributed by atoms with Crippen LogP contribution in [0.5, 0.6) is 5.75 Å². The van der Waals surface area contributed by atoms with Gasteiger partial charge in [0.25, 0.3) is 0 Å². The first-order valence-electron chi connectivity index (χ1n) is 11.0. The topological polar surface area (TPSA) is 70.6 Å². The molecule has 0 saturated carbocycles. The Hall–Kier alpha value is -2.83. The van der Waals surface area contributed by atoms with Crippen LogP contribution in [-0.2, 0) is 11.3 Å². The number of ether oxygens (including phenoxy) is 1. The Morgan fingerprint density at radius 1 is 1.10 bits per heavy atom. The van der Waals surface area contributed by atoms with Crippen LogP contribution in [0.4, 0.5) is 11.5 Å². The summed E-state index contributed by atoms with van der Waals surface area (Å²) < 4.78 is 5.37. The van der Waals surface area contributed by atoms with Crippen molar-refractivity contribution >= 4 is 17.4 Å². The van der Waals surface area contributed by atoms with Crippen molar-refractivity contribution in [2.45, 2.75) is 38.6 Å². The summed E-state index contributed by atoms with van der Waals surface area (Å²) in [5.41, 5.74) is 2.10. The van der Waals surface area contributed by atoms with Gasteiger partial charge in [0.05, 0.1) is 19.0 Å². The molecular formula is C23H31N5O2. The summed E-state index contributed by atoms with van der Waals surface area (Å²) in [4.78, 5) is 26.3. The molecule has 2 aliphatic rings. The molecule has 7 heteroatoms. The van der Waals surface area contributed by atoms with Gasteiger partial charge in [-0.1, -0.05) is 18.2 Å². The lowest BCUT2D eigenvalue weighted by molar-refractivity contribution is -0.125. The molecule has 0 bridgehead atoms. The lowest BCUT2D eigenvalue weighted by atomic mass is 9.95. The summed E-state index contributed by atoms with van der Waals surface area (Å²) in [6.45, 7) is 4.31. The third-order valence-electron chi connectivity index (χ3n) is 6.18. The number of carbonyl (C=O) groups is 1. The maximum Gasteiger partial charge on any atom is 0.223 e. The first-order valence-corrected chi connectivity index (χ1v) is 11.0. The highest BCUT2D eigenvalue weighted by Crippen LogP contribution is 2.31. The van der Waals surface area contributed by atoms with Gasteiger partial charge < -0.3 is 19.9 Å². The van der Waals surface area contributed by atoms with Crippen LogP contribution >= 0.6 is 0 Å².